The van der Waals surface area contributed by atoms with E-state index in [1.165, 1.54) is 0 Å². The number of halogens is 1. The second kappa shape index (κ2) is 4.21. The highest BCUT2D eigenvalue weighted by atomic mass is 35.5. The Morgan fingerprint density at radius 3 is 2.42 bits per heavy atom. The molecular weight excluding hydrogens is 176 g/mol. The molecule has 0 atom stereocenters. The Hall–Kier alpha value is -0.890. The molecule has 0 saturated heterocycles. The van der Waals surface area contributed by atoms with Gasteiger partial charge in [-0.05, 0) is 12.2 Å². The smallest absolute Gasteiger partial charge is 0.123 e. The van der Waals surface area contributed by atoms with Crippen LogP contribution in [0.3, 0.4) is 0 Å². The molecule has 0 aromatic carbocycles. The van der Waals surface area contributed by atoms with Crippen LogP contribution in [-0.4, -0.2) is 14.2 Å². The quantitative estimate of drug-likeness (QED) is 0.660. The van der Waals surface area contributed by atoms with E-state index < -0.39 is 0 Å². The van der Waals surface area contributed by atoms with E-state index in [0.717, 1.165) is 10.8 Å². The maximum atomic E-state index is 5.86. The molecule has 0 fully saturated rings. The lowest BCUT2D eigenvalue weighted by Gasteiger charge is -2.00. The molecule has 0 heterocycles. The number of ether oxygens (including phenoxy) is 2. The van der Waals surface area contributed by atoms with Crippen molar-refractivity contribution in [3.8, 4) is 0 Å². The van der Waals surface area contributed by atoms with Crippen molar-refractivity contribution in [1.82, 2.24) is 0 Å². The van der Waals surface area contributed by atoms with Crippen molar-refractivity contribution in [3.63, 3.8) is 0 Å². The zero-order valence-electron chi connectivity index (χ0n) is 7.13. The Balaban J connectivity index is 2.87. The number of allylic oxidation sites excluding steroid dienone is 4. The van der Waals surface area contributed by atoms with Crippen LogP contribution in [0.4, 0.5) is 0 Å². The first-order valence-electron chi connectivity index (χ1n) is 3.62. The van der Waals surface area contributed by atoms with E-state index in [-0.39, 0.29) is 0 Å². The van der Waals surface area contributed by atoms with Crippen LogP contribution in [0.25, 0.3) is 0 Å². The maximum Gasteiger partial charge on any atom is 0.123 e. The Bertz CT molecular complexity index is 251. The predicted molar refractivity (Wildman–Crippen MR) is 48.7 cm³/mol. The maximum absolute atomic E-state index is 5.86. The van der Waals surface area contributed by atoms with Gasteiger partial charge in [-0.2, -0.15) is 0 Å². The van der Waals surface area contributed by atoms with Gasteiger partial charge in [0.15, 0.2) is 0 Å². The van der Waals surface area contributed by atoms with Crippen molar-refractivity contribution in [2.75, 3.05) is 14.2 Å². The Morgan fingerprint density at radius 2 is 1.83 bits per heavy atom. The average molecular weight is 187 g/mol. The summed E-state index contributed by atoms with van der Waals surface area (Å²) in [6.45, 7) is 0. The van der Waals surface area contributed by atoms with Gasteiger partial charge in [0, 0.05) is 17.5 Å². The summed E-state index contributed by atoms with van der Waals surface area (Å²) in [7, 11) is 3.22. The first-order chi connectivity index (χ1) is 5.76. The van der Waals surface area contributed by atoms with E-state index in [2.05, 4.69) is 0 Å². The SMILES string of the molecule is COC1=CCC(Cl)=CC(OC)=C1. The second-order valence-corrected chi connectivity index (χ2v) is 2.84. The molecule has 0 aromatic heterocycles. The van der Waals surface area contributed by atoms with Gasteiger partial charge in [-0.3, -0.25) is 0 Å². The summed E-state index contributed by atoms with van der Waals surface area (Å²) in [5, 5.41) is 0.746. The van der Waals surface area contributed by atoms with Crippen molar-refractivity contribution in [2.45, 2.75) is 6.42 Å². The van der Waals surface area contributed by atoms with Crippen LogP contribution in [0.1, 0.15) is 6.42 Å². The van der Waals surface area contributed by atoms with Gasteiger partial charge >= 0.3 is 0 Å². The largest absolute Gasteiger partial charge is 0.497 e. The molecule has 0 N–H and O–H groups in total. The van der Waals surface area contributed by atoms with Crippen LogP contribution < -0.4 is 0 Å². The van der Waals surface area contributed by atoms with Crippen molar-refractivity contribution in [1.29, 1.82) is 0 Å². The molecule has 2 nitrogen and oxygen atoms in total. The highest BCUT2D eigenvalue weighted by molar-refractivity contribution is 6.29. The Morgan fingerprint density at radius 1 is 1.17 bits per heavy atom. The monoisotopic (exact) mass is 186 g/mol. The zero-order chi connectivity index (χ0) is 8.97. The molecule has 0 saturated carbocycles. The molecule has 1 aliphatic rings. The van der Waals surface area contributed by atoms with Crippen LogP contribution in [0.5, 0.6) is 0 Å². The van der Waals surface area contributed by atoms with Gasteiger partial charge in [0.1, 0.15) is 11.5 Å². The van der Waals surface area contributed by atoms with E-state index in [0.29, 0.717) is 12.2 Å². The zero-order valence-corrected chi connectivity index (χ0v) is 7.89. The van der Waals surface area contributed by atoms with Crippen LogP contribution in [0.15, 0.2) is 34.8 Å². The lowest BCUT2D eigenvalue weighted by Crippen LogP contribution is -1.85. The van der Waals surface area contributed by atoms with Crippen LogP contribution in [-0.2, 0) is 9.47 Å². The van der Waals surface area contributed by atoms with Gasteiger partial charge in [0.05, 0.1) is 14.2 Å². The first kappa shape index (κ1) is 9.20. The van der Waals surface area contributed by atoms with Crippen molar-refractivity contribution in [2.24, 2.45) is 0 Å². The second-order valence-electron chi connectivity index (χ2n) is 2.36. The molecule has 12 heavy (non-hydrogen) atoms. The highest BCUT2D eigenvalue weighted by Crippen LogP contribution is 2.19. The first-order valence-corrected chi connectivity index (χ1v) is 4.00. The van der Waals surface area contributed by atoms with E-state index in [1.54, 1.807) is 26.4 Å². The third kappa shape index (κ3) is 2.31. The van der Waals surface area contributed by atoms with E-state index in [9.17, 15) is 0 Å². The summed E-state index contributed by atoms with van der Waals surface area (Å²) in [4.78, 5) is 0. The fraction of sp³-hybridized carbons (Fsp3) is 0.333. The fourth-order valence-corrected chi connectivity index (χ4v) is 1.10. The minimum Gasteiger partial charge on any atom is -0.497 e. The topological polar surface area (TPSA) is 18.5 Å². The molecule has 0 aromatic rings. The summed E-state index contributed by atoms with van der Waals surface area (Å²) in [6, 6.07) is 0. The van der Waals surface area contributed by atoms with Gasteiger partial charge in [0.2, 0.25) is 0 Å². The number of hydrogen-bond acceptors (Lipinski definition) is 2. The molecule has 1 rings (SSSR count). The molecule has 0 amide bonds. The lowest BCUT2D eigenvalue weighted by atomic mass is 10.3. The summed E-state index contributed by atoms with van der Waals surface area (Å²) in [6.07, 6.45) is 6.18. The van der Waals surface area contributed by atoms with Gasteiger partial charge in [-0.15, -0.1) is 0 Å². The van der Waals surface area contributed by atoms with Crippen LogP contribution >= 0.6 is 11.6 Å². The normalized spacial score (nSPS) is 17.1. The minimum absolute atomic E-state index is 0.689. The summed E-state index contributed by atoms with van der Waals surface area (Å²) < 4.78 is 10.1. The summed E-state index contributed by atoms with van der Waals surface area (Å²) in [5.41, 5.74) is 0. The average Bonchev–Trinajstić information content (AvgIpc) is 2.26. The van der Waals surface area contributed by atoms with Gasteiger partial charge < -0.3 is 9.47 Å². The molecule has 0 spiro atoms. The molecule has 66 valence electrons. The number of rotatable bonds is 2. The standard InChI is InChI=1S/C9H11ClO2/c1-11-8-4-3-7(10)5-9(6-8)12-2/h4-6H,3H2,1-2H3. The van der Waals surface area contributed by atoms with E-state index in [1.807, 2.05) is 6.08 Å². The Labute approximate surface area is 77.1 Å². The van der Waals surface area contributed by atoms with Crippen LogP contribution in [0, 0.1) is 0 Å². The number of hydrogen-bond donors (Lipinski definition) is 0. The van der Waals surface area contributed by atoms with Gasteiger partial charge in [-0.1, -0.05) is 11.6 Å². The third-order valence-corrected chi connectivity index (χ3v) is 1.82. The molecule has 0 bridgehead atoms. The molecule has 0 radical (unpaired) electrons. The lowest BCUT2D eigenvalue weighted by molar-refractivity contribution is 0.285. The minimum atomic E-state index is 0.689. The molecule has 1 aliphatic carbocycles. The summed E-state index contributed by atoms with van der Waals surface area (Å²) in [5.74, 6) is 1.49. The summed E-state index contributed by atoms with van der Waals surface area (Å²) >= 11 is 5.86. The number of methoxy groups -OCH3 is 2. The van der Waals surface area contributed by atoms with Gasteiger partial charge in [0.25, 0.3) is 0 Å². The van der Waals surface area contributed by atoms with Gasteiger partial charge in [-0.25, -0.2) is 0 Å². The van der Waals surface area contributed by atoms with Crippen molar-refractivity contribution < 1.29 is 9.47 Å². The van der Waals surface area contributed by atoms with Crippen LogP contribution in [0.2, 0.25) is 0 Å². The fourth-order valence-electron chi connectivity index (χ4n) is 0.912. The Kier molecular flexibility index (Phi) is 3.23. The van der Waals surface area contributed by atoms with E-state index >= 15 is 0 Å². The molecule has 0 aliphatic heterocycles. The molecule has 0 unspecified atom stereocenters. The van der Waals surface area contributed by atoms with E-state index in [4.69, 9.17) is 21.1 Å². The predicted octanol–water partition coefficient (Wildman–Crippen LogP) is 2.57. The highest BCUT2D eigenvalue weighted by Gasteiger charge is 2.03. The van der Waals surface area contributed by atoms with Crippen molar-refractivity contribution >= 4 is 11.6 Å². The third-order valence-electron chi connectivity index (χ3n) is 1.55. The van der Waals surface area contributed by atoms with Crippen molar-refractivity contribution in [3.05, 3.63) is 34.8 Å². The molecular formula is C9H11ClO2. The molecule has 3 heteroatoms.